The van der Waals surface area contributed by atoms with Crippen molar-refractivity contribution in [1.29, 1.82) is 1.34 Å². The van der Waals surface area contributed by atoms with Crippen LogP contribution in [-0.2, 0) is 8.92 Å². The van der Waals surface area contributed by atoms with E-state index in [2.05, 4.69) is 26.5 Å². The SMILES string of the molecule is [3H]BSOCC(C)(C)C1=CCC[C@@H](CC=C)O1. The second kappa shape index (κ2) is 6.40. The molecular weight excluding hydrogens is 219 g/mol. The van der Waals surface area contributed by atoms with Crippen molar-refractivity contribution in [2.45, 2.75) is 39.2 Å². The fourth-order valence-electron chi connectivity index (χ4n) is 1.73. The molecule has 16 heavy (non-hydrogen) atoms. The molecule has 0 N–H and O–H groups in total. The molecule has 0 aliphatic carbocycles. The Hall–Kier alpha value is -0.345. The highest BCUT2D eigenvalue weighted by atomic mass is 32.2. The third-order valence-corrected chi connectivity index (χ3v) is 3.00. The lowest BCUT2D eigenvalue weighted by Crippen LogP contribution is -2.28. The first-order chi connectivity index (χ1) is 8.10. The van der Waals surface area contributed by atoms with Crippen molar-refractivity contribution in [2.24, 2.45) is 5.41 Å². The van der Waals surface area contributed by atoms with Gasteiger partial charge in [-0.2, -0.15) is 0 Å². The van der Waals surface area contributed by atoms with Crippen LogP contribution >= 0.6 is 11.9 Å². The van der Waals surface area contributed by atoms with E-state index in [9.17, 15) is 0 Å². The first-order valence-electron chi connectivity index (χ1n) is 6.32. The van der Waals surface area contributed by atoms with Crippen molar-refractivity contribution in [3.63, 3.8) is 0 Å². The summed E-state index contributed by atoms with van der Waals surface area (Å²) in [5, 5.41) is 0. The van der Waals surface area contributed by atoms with Crippen LogP contribution in [0.2, 0.25) is 0 Å². The fraction of sp³-hybridized carbons (Fsp3) is 0.667. The smallest absolute Gasteiger partial charge is 0.210 e. The van der Waals surface area contributed by atoms with Gasteiger partial charge in [0.05, 0.1) is 6.61 Å². The predicted octanol–water partition coefficient (Wildman–Crippen LogP) is 2.86. The standard InChI is InChI=1S/C12H21BO2S/c1-4-6-10-7-5-8-11(15-10)12(2,3)9-14-16-13/h4,8,10H,1,5-7,9,13H2,2-3H3/t10-/m1/s1/i13T. The molecule has 0 fully saturated rings. The first kappa shape index (κ1) is 12.1. The molecule has 90 valence electrons. The zero-order valence-electron chi connectivity index (χ0n) is 11.2. The summed E-state index contributed by atoms with van der Waals surface area (Å²) in [4.78, 5) is 0. The number of allylic oxidation sites excluding steroid dienone is 1. The van der Waals surface area contributed by atoms with Crippen LogP contribution in [0.15, 0.2) is 24.5 Å². The van der Waals surface area contributed by atoms with Gasteiger partial charge in [0, 0.05) is 11.8 Å². The molecule has 0 aromatic carbocycles. The maximum absolute atomic E-state index is 7.02. The van der Waals surface area contributed by atoms with Crippen molar-refractivity contribution in [2.75, 3.05) is 6.61 Å². The predicted molar refractivity (Wildman–Crippen MR) is 72.9 cm³/mol. The van der Waals surface area contributed by atoms with Crippen LogP contribution in [0.1, 0.15) is 33.1 Å². The molecule has 0 saturated heterocycles. The first-order valence-corrected chi connectivity index (χ1v) is 6.53. The Kier molecular flexibility index (Phi) is 4.85. The second-order valence-electron chi connectivity index (χ2n) is 4.67. The summed E-state index contributed by atoms with van der Waals surface area (Å²) in [5.41, 5.74) is -0.123. The molecule has 1 heterocycles. The van der Waals surface area contributed by atoms with Crippen molar-refractivity contribution < 1.29 is 8.92 Å². The second-order valence-corrected chi connectivity index (χ2v) is 5.15. The zero-order valence-corrected chi connectivity index (χ0v) is 11.0. The van der Waals surface area contributed by atoms with E-state index in [1.807, 2.05) is 6.08 Å². The maximum atomic E-state index is 7.02. The molecule has 0 radical (unpaired) electrons. The van der Waals surface area contributed by atoms with Crippen LogP contribution in [0.3, 0.4) is 0 Å². The normalized spacial score (nSPS) is 21.8. The fourth-order valence-corrected chi connectivity index (χ4v) is 2.11. The van der Waals surface area contributed by atoms with Gasteiger partial charge in [-0.3, -0.25) is 0 Å². The topological polar surface area (TPSA) is 18.5 Å². The van der Waals surface area contributed by atoms with Gasteiger partial charge in [-0.15, -0.1) is 6.58 Å². The quantitative estimate of drug-likeness (QED) is 0.296. The van der Waals surface area contributed by atoms with E-state index in [0.717, 1.165) is 25.0 Å². The minimum absolute atomic E-state index is 0.123. The monoisotopic (exact) mass is 242 g/mol. The molecule has 1 aliphatic rings. The Labute approximate surface area is 105 Å². The summed E-state index contributed by atoms with van der Waals surface area (Å²) < 4.78 is 18.4. The number of rotatable bonds is 7. The summed E-state index contributed by atoms with van der Waals surface area (Å²) in [7, 11) is 0.231. The lowest BCUT2D eigenvalue weighted by molar-refractivity contribution is 0.0414. The summed E-state index contributed by atoms with van der Waals surface area (Å²) in [6.45, 7) is 8.55. The van der Waals surface area contributed by atoms with E-state index in [0.29, 0.717) is 6.61 Å². The Morgan fingerprint density at radius 3 is 3.38 bits per heavy atom. The average Bonchev–Trinajstić information content (AvgIpc) is 2.30. The molecule has 0 spiro atoms. The molecule has 0 saturated carbocycles. The molecule has 1 rings (SSSR count). The Bertz CT molecular complexity index is 282. The van der Waals surface area contributed by atoms with Crippen molar-refractivity contribution >= 4 is 19.0 Å². The Balaban J connectivity index is 2.51. The highest BCUT2D eigenvalue weighted by Gasteiger charge is 2.29. The number of hydrogen-bond donors (Lipinski definition) is 0. The van der Waals surface area contributed by atoms with Crippen LogP contribution in [0.25, 0.3) is 0 Å². The van der Waals surface area contributed by atoms with Crippen LogP contribution in [0, 0.1) is 5.41 Å². The highest BCUT2D eigenvalue weighted by molar-refractivity contribution is 8.15. The summed E-state index contributed by atoms with van der Waals surface area (Å²) in [6, 6.07) is 0. The highest BCUT2D eigenvalue weighted by Crippen LogP contribution is 2.34. The molecule has 0 aromatic heterocycles. The van der Waals surface area contributed by atoms with Crippen molar-refractivity contribution in [3.05, 3.63) is 24.5 Å². The Morgan fingerprint density at radius 1 is 1.88 bits per heavy atom. The van der Waals surface area contributed by atoms with Crippen LogP contribution in [-0.4, -0.2) is 21.1 Å². The molecular formula is C12H21BO2S. The van der Waals surface area contributed by atoms with Crippen molar-refractivity contribution in [3.8, 4) is 0 Å². The average molecular weight is 242 g/mol. The number of hydrogen-bond acceptors (Lipinski definition) is 3. The van der Waals surface area contributed by atoms with Gasteiger partial charge < -0.3 is 8.92 Å². The molecule has 0 amide bonds. The van der Waals surface area contributed by atoms with Gasteiger partial charge in [0.2, 0.25) is 7.09 Å². The van der Waals surface area contributed by atoms with Crippen molar-refractivity contribution in [1.82, 2.24) is 0 Å². The summed E-state index contributed by atoms with van der Waals surface area (Å²) >= 11 is 1.18. The van der Waals surface area contributed by atoms with E-state index in [1.165, 1.54) is 11.9 Å². The molecule has 4 heteroatoms. The maximum Gasteiger partial charge on any atom is 0.210 e. The Morgan fingerprint density at radius 2 is 2.69 bits per heavy atom. The molecule has 0 aromatic rings. The van der Waals surface area contributed by atoms with Gasteiger partial charge in [0.15, 0.2) is 0 Å². The largest absolute Gasteiger partial charge is 0.494 e. The van der Waals surface area contributed by atoms with Gasteiger partial charge in [-0.1, -0.05) is 31.8 Å². The van der Waals surface area contributed by atoms with E-state index < -0.39 is 0 Å². The van der Waals surface area contributed by atoms with Gasteiger partial charge in [-0.25, -0.2) is 0 Å². The number of ether oxygens (including phenoxy) is 1. The van der Waals surface area contributed by atoms with Crippen LogP contribution < -0.4 is 0 Å². The third-order valence-electron chi connectivity index (χ3n) is 2.71. The molecule has 0 unspecified atom stereocenters. The van der Waals surface area contributed by atoms with Gasteiger partial charge in [0.25, 0.3) is 0 Å². The molecule has 1 aliphatic heterocycles. The molecule has 1 atom stereocenters. The van der Waals surface area contributed by atoms with E-state index in [1.54, 1.807) is 0 Å². The lowest BCUT2D eigenvalue weighted by atomic mass is 9.89. The van der Waals surface area contributed by atoms with Gasteiger partial charge >= 0.3 is 0 Å². The van der Waals surface area contributed by atoms with E-state index >= 15 is 0 Å². The van der Waals surface area contributed by atoms with Gasteiger partial charge in [-0.05, 0) is 20.3 Å². The zero-order chi connectivity index (χ0) is 12.7. The molecule has 0 bridgehead atoms. The van der Waals surface area contributed by atoms with E-state index in [4.69, 9.17) is 10.3 Å². The van der Waals surface area contributed by atoms with Gasteiger partial charge in [0.1, 0.15) is 11.9 Å². The third kappa shape index (κ3) is 3.91. The van der Waals surface area contributed by atoms with Crippen LogP contribution in [0.4, 0.5) is 0 Å². The van der Waals surface area contributed by atoms with Crippen LogP contribution in [0.5, 0.6) is 0 Å². The summed E-state index contributed by atoms with van der Waals surface area (Å²) in [5.74, 6) is 1.01. The lowest BCUT2D eigenvalue weighted by Gasteiger charge is -2.33. The minimum atomic E-state index is -0.123. The van der Waals surface area contributed by atoms with E-state index in [-0.39, 0.29) is 18.6 Å². The molecule has 2 nitrogen and oxygen atoms in total. The summed E-state index contributed by atoms with van der Waals surface area (Å²) in [6.07, 6.45) is 7.35. The minimum Gasteiger partial charge on any atom is -0.494 e.